The van der Waals surface area contributed by atoms with E-state index in [9.17, 15) is 5.11 Å². The van der Waals surface area contributed by atoms with Crippen LogP contribution in [-0.4, -0.2) is 5.11 Å². The summed E-state index contributed by atoms with van der Waals surface area (Å²) in [4.78, 5) is 0. The summed E-state index contributed by atoms with van der Waals surface area (Å²) < 4.78 is 0. The van der Waals surface area contributed by atoms with Crippen LogP contribution in [0.25, 0.3) is 0 Å². The van der Waals surface area contributed by atoms with Gasteiger partial charge in [0.05, 0.1) is 6.10 Å². The van der Waals surface area contributed by atoms with E-state index in [-0.39, 0.29) is 0 Å². The van der Waals surface area contributed by atoms with Crippen LogP contribution in [-0.2, 0) is 6.42 Å². The lowest BCUT2D eigenvalue weighted by Gasteiger charge is -2.11. The maximum absolute atomic E-state index is 9.63. The van der Waals surface area contributed by atoms with Gasteiger partial charge in [0.15, 0.2) is 0 Å². The number of aliphatic hydroxyl groups excluding tert-OH is 1. The zero-order valence-corrected chi connectivity index (χ0v) is 10.4. The molecular weight excluding hydrogens is 224 g/mol. The molecule has 0 heterocycles. The van der Waals surface area contributed by atoms with Crippen molar-refractivity contribution in [3.63, 3.8) is 0 Å². The summed E-state index contributed by atoms with van der Waals surface area (Å²) in [5, 5.41) is 9.63. The summed E-state index contributed by atoms with van der Waals surface area (Å²) in [6.45, 7) is 1.72. The Morgan fingerprint density at radius 2 is 1.61 bits per heavy atom. The van der Waals surface area contributed by atoms with Gasteiger partial charge >= 0.3 is 0 Å². The van der Waals surface area contributed by atoms with Gasteiger partial charge in [0.25, 0.3) is 0 Å². The third-order valence-corrected chi connectivity index (χ3v) is 2.99. The van der Waals surface area contributed by atoms with Gasteiger partial charge in [0.2, 0.25) is 0 Å². The first-order valence-corrected chi connectivity index (χ1v) is 5.97. The number of nitrogens with two attached hydrogens (primary N) is 2. The normalized spacial score (nSPS) is 12.3. The molecule has 0 aromatic heterocycles. The van der Waals surface area contributed by atoms with Crippen molar-refractivity contribution in [1.29, 1.82) is 0 Å². The van der Waals surface area contributed by atoms with Gasteiger partial charge in [-0.2, -0.15) is 0 Å². The van der Waals surface area contributed by atoms with Crippen LogP contribution in [0.3, 0.4) is 0 Å². The molecule has 0 amide bonds. The summed E-state index contributed by atoms with van der Waals surface area (Å²) in [5.74, 6) is 0. The van der Waals surface area contributed by atoms with Crippen LogP contribution in [0.5, 0.6) is 0 Å². The molecule has 1 atom stereocenters. The van der Waals surface area contributed by atoms with Crippen LogP contribution >= 0.6 is 0 Å². The molecule has 0 spiro atoms. The first kappa shape index (κ1) is 12.5. The maximum atomic E-state index is 9.63. The molecule has 5 N–H and O–H groups in total. The average Bonchev–Trinajstić information content (AvgIpc) is 2.34. The van der Waals surface area contributed by atoms with Crippen molar-refractivity contribution >= 4 is 11.4 Å². The number of benzene rings is 2. The summed E-state index contributed by atoms with van der Waals surface area (Å²) in [6, 6.07) is 13.6. The van der Waals surface area contributed by atoms with Crippen molar-refractivity contribution in [1.82, 2.24) is 0 Å². The first-order valence-electron chi connectivity index (χ1n) is 5.97. The van der Waals surface area contributed by atoms with E-state index in [0.29, 0.717) is 5.69 Å². The highest BCUT2D eigenvalue weighted by Crippen LogP contribution is 2.23. The minimum atomic E-state index is -0.545. The van der Waals surface area contributed by atoms with E-state index in [0.717, 1.165) is 23.2 Å². The molecule has 0 aliphatic carbocycles. The van der Waals surface area contributed by atoms with Crippen molar-refractivity contribution in [3.05, 3.63) is 59.2 Å². The molecular formula is C15H18N2O. The van der Waals surface area contributed by atoms with Crippen LogP contribution in [0, 0.1) is 0 Å². The molecule has 2 rings (SSSR count). The van der Waals surface area contributed by atoms with E-state index in [4.69, 9.17) is 11.5 Å². The third-order valence-electron chi connectivity index (χ3n) is 2.99. The Kier molecular flexibility index (Phi) is 3.53. The monoisotopic (exact) mass is 242 g/mol. The zero-order valence-electron chi connectivity index (χ0n) is 10.4. The smallest absolute Gasteiger partial charge is 0.0781 e. The fraction of sp³-hybridized carbons (Fsp3) is 0.200. The minimum Gasteiger partial charge on any atom is -0.399 e. The SMILES string of the molecule is CC(O)c1cc(Cc2ccc(N)cc2)ccc1N. The van der Waals surface area contributed by atoms with E-state index in [1.165, 1.54) is 5.56 Å². The predicted molar refractivity (Wildman–Crippen MR) is 75.1 cm³/mol. The Balaban J connectivity index is 2.24. The van der Waals surface area contributed by atoms with E-state index >= 15 is 0 Å². The third kappa shape index (κ3) is 2.81. The topological polar surface area (TPSA) is 72.3 Å². The molecule has 2 aromatic carbocycles. The van der Waals surface area contributed by atoms with Gasteiger partial charge in [0, 0.05) is 16.9 Å². The molecule has 3 heteroatoms. The van der Waals surface area contributed by atoms with Gasteiger partial charge in [-0.15, -0.1) is 0 Å². The lowest BCUT2D eigenvalue weighted by Crippen LogP contribution is -2.00. The number of rotatable bonds is 3. The maximum Gasteiger partial charge on any atom is 0.0781 e. The van der Waals surface area contributed by atoms with Crippen molar-refractivity contribution in [2.45, 2.75) is 19.4 Å². The number of anilines is 2. The second-order valence-electron chi connectivity index (χ2n) is 4.56. The fourth-order valence-corrected chi connectivity index (χ4v) is 1.97. The van der Waals surface area contributed by atoms with Crippen LogP contribution in [0.2, 0.25) is 0 Å². The van der Waals surface area contributed by atoms with E-state index in [1.807, 2.05) is 42.5 Å². The van der Waals surface area contributed by atoms with Gasteiger partial charge in [-0.05, 0) is 42.7 Å². The molecule has 2 aromatic rings. The molecule has 1 unspecified atom stereocenters. The molecule has 94 valence electrons. The standard InChI is InChI=1S/C15H18N2O/c1-10(18)14-9-12(4-7-15(14)17)8-11-2-5-13(16)6-3-11/h2-7,9-10,18H,8,16-17H2,1H3. The molecule has 0 aliphatic heterocycles. The molecule has 0 radical (unpaired) electrons. The lowest BCUT2D eigenvalue weighted by molar-refractivity contribution is 0.200. The van der Waals surface area contributed by atoms with Crippen LogP contribution in [0.4, 0.5) is 11.4 Å². The van der Waals surface area contributed by atoms with E-state index in [1.54, 1.807) is 6.92 Å². The molecule has 0 saturated heterocycles. The predicted octanol–water partition coefficient (Wildman–Crippen LogP) is 2.50. The Hall–Kier alpha value is -2.00. The number of nitrogen functional groups attached to an aromatic ring is 2. The summed E-state index contributed by atoms with van der Waals surface area (Å²) in [5.41, 5.74) is 16.0. The molecule has 0 fully saturated rings. The van der Waals surface area contributed by atoms with Gasteiger partial charge in [-0.3, -0.25) is 0 Å². The highest BCUT2D eigenvalue weighted by molar-refractivity contribution is 5.50. The molecule has 18 heavy (non-hydrogen) atoms. The van der Waals surface area contributed by atoms with E-state index in [2.05, 4.69) is 0 Å². The van der Waals surface area contributed by atoms with Gasteiger partial charge < -0.3 is 16.6 Å². The Labute approximate surface area is 107 Å². The van der Waals surface area contributed by atoms with Gasteiger partial charge in [-0.1, -0.05) is 24.3 Å². The Morgan fingerprint density at radius 1 is 1.00 bits per heavy atom. The largest absolute Gasteiger partial charge is 0.399 e. The molecule has 0 bridgehead atoms. The second kappa shape index (κ2) is 5.10. The van der Waals surface area contributed by atoms with Crippen molar-refractivity contribution in [3.8, 4) is 0 Å². The van der Waals surface area contributed by atoms with Crippen molar-refractivity contribution in [2.75, 3.05) is 11.5 Å². The number of hydrogen-bond donors (Lipinski definition) is 3. The summed E-state index contributed by atoms with van der Waals surface area (Å²) in [6.07, 6.45) is 0.261. The van der Waals surface area contributed by atoms with Gasteiger partial charge in [-0.25, -0.2) is 0 Å². The minimum absolute atomic E-state index is 0.545. The number of aliphatic hydroxyl groups is 1. The van der Waals surface area contributed by atoms with Crippen molar-refractivity contribution in [2.24, 2.45) is 0 Å². The Bertz CT molecular complexity index is 533. The molecule has 0 aliphatic rings. The lowest BCUT2D eigenvalue weighted by atomic mass is 9.99. The van der Waals surface area contributed by atoms with E-state index < -0.39 is 6.10 Å². The molecule has 3 nitrogen and oxygen atoms in total. The summed E-state index contributed by atoms with van der Waals surface area (Å²) >= 11 is 0. The average molecular weight is 242 g/mol. The number of hydrogen-bond acceptors (Lipinski definition) is 3. The van der Waals surface area contributed by atoms with Crippen LogP contribution < -0.4 is 11.5 Å². The summed E-state index contributed by atoms with van der Waals surface area (Å²) in [7, 11) is 0. The van der Waals surface area contributed by atoms with Crippen molar-refractivity contribution < 1.29 is 5.11 Å². The van der Waals surface area contributed by atoms with Crippen LogP contribution in [0.15, 0.2) is 42.5 Å². The molecule has 0 saturated carbocycles. The highest BCUT2D eigenvalue weighted by Gasteiger charge is 2.07. The quantitative estimate of drug-likeness (QED) is 0.724. The highest BCUT2D eigenvalue weighted by atomic mass is 16.3. The zero-order chi connectivity index (χ0) is 13.1. The fourth-order valence-electron chi connectivity index (χ4n) is 1.97. The van der Waals surface area contributed by atoms with Crippen LogP contribution in [0.1, 0.15) is 29.7 Å². The second-order valence-corrected chi connectivity index (χ2v) is 4.56. The first-order chi connectivity index (χ1) is 8.56. The van der Waals surface area contributed by atoms with Gasteiger partial charge in [0.1, 0.15) is 0 Å². The Morgan fingerprint density at radius 3 is 2.22 bits per heavy atom.